The molecule has 0 bridgehead atoms. The molecule has 3 aromatic heterocycles. The van der Waals surface area contributed by atoms with Gasteiger partial charge in [0.2, 0.25) is 0 Å². The largest absolute Gasteiger partial charge is 0.369 e. The number of imidazole rings is 1. The molecule has 0 spiro atoms. The van der Waals surface area contributed by atoms with E-state index in [1.165, 1.54) is 16.2 Å². The van der Waals surface area contributed by atoms with Gasteiger partial charge in [-0.2, -0.15) is 0 Å². The van der Waals surface area contributed by atoms with E-state index in [2.05, 4.69) is 29.1 Å². The van der Waals surface area contributed by atoms with Gasteiger partial charge in [-0.15, -0.1) is 0 Å². The van der Waals surface area contributed by atoms with Crippen molar-refractivity contribution in [3.05, 3.63) is 63.9 Å². The van der Waals surface area contributed by atoms with Gasteiger partial charge in [-0.3, -0.25) is 18.9 Å². The Morgan fingerprint density at radius 3 is 2.82 bits per heavy atom. The predicted octanol–water partition coefficient (Wildman–Crippen LogP) is 3.64. The van der Waals surface area contributed by atoms with E-state index in [0.29, 0.717) is 45.3 Å². The first kappa shape index (κ1) is 23.2. The van der Waals surface area contributed by atoms with Gasteiger partial charge in [0.25, 0.3) is 11.5 Å². The van der Waals surface area contributed by atoms with Gasteiger partial charge in [0.15, 0.2) is 0 Å². The number of rotatable bonds is 9. The first-order chi connectivity index (χ1) is 15.9. The van der Waals surface area contributed by atoms with E-state index in [1.54, 1.807) is 41.8 Å². The summed E-state index contributed by atoms with van der Waals surface area (Å²) in [6.45, 7) is 6.21. The van der Waals surface area contributed by atoms with E-state index in [-0.39, 0.29) is 11.5 Å². The van der Waals surface area contributed by atoms with E-state index >= 15 is 0 Å². The first-order valence-electron chi connectivity index (χ1n) is 10.9. The molecule has 4 heterocycles. The van der Waals surface area contributed by atoms with Crippen molar-refractivity contribution >= 4 is 51.7 Å². The third kappa shape index (κ3) is 5.33. The Morgan fingerprint density at radius 1 is 1.21 bits per heavy atom. The molecule has 3 aromatic rings. The number of thiocarbonyl (C=S) groups is 1. The van der Waals surface area contributed by atoms with Crippen LogP contribution >= 0.6 is 24.0 Å². The molecule has 0 atom stereocenters. The summed E-state index contributed by atoms with van der Waals surface area (Å²) in [6, 6.07) is 5.40. The molecule has 0 unspecified atom stereocenters. The lowest BCUT2D eigenvalue weighted by molar-refractivity contribution is -0.122. The number of aromatic nitrogens is 4. The Hall–Kier alpha value is -2.98. The molecular weight excluding hydrogens is 456 g/mol. The van der Waals surface area contributed by atoms with Crippen molar-refractivity contribution in [1.82, 2.24) is 23.8 Å². The number of aryl methyl sites for hydroxylation is 1. The lowest BCUT2D eigenvalue weighted by atomic mass is 10.1. The summed E-state index contributed by atoms with van der Waals surface area (Å²) in [4.78, 5) is 37.1. The predicted molar refractivity (Wildman–Crippen MR) is 136 cm³/mol. The van der Waals surface area contributed by atoms with Crippen LogP contribution in [0.3, 0.4) is 0 Å². The van der Waals surface area contributed by atoms with Gasteiger partial charge < -0.3 is 9.88 Å². The molecule has 1 aliphatic heterocycles. The Labute approximate surface area is 201 Å². The number of carbonyl (C=O) groups is 1. The van der Waals surface area contributed by atoms with Crippen molar-refractivity contribution in [2.45, 2.75) is 33.2 Å². The molecule has 4 rings (SSSR count). The highest BCUT2D eigenvalue weighted by atomic mass is 32.2. The number of carbonyl (C=O) groups excluding carboxylic acids is 1. The first-order valence-corrected chi connectivity index (χ1v) is 12.1. The molecule has 8 nitrogen and oxygen atoms in total. The molecule has 172 valence electrons. The lowest BCUT2D eigenvalue weighted by Gasteiger charge is -2.15. The third-order valence-electron chi connectivity index (χ3n) is 5.29. The van der Waals surface area contributed by atoms with Gasteiger partial charge in [-0.1, -0.05) is 43.9 Å². The third-order valence-corrected chi connectivity index (χ3v) is 6.67. The SMILES string of the molecule is CC(C)CCN1C(=O)C(=Cc2c(NCCCn3ccnc3)nc3ccccn3c2=O)SC1=S. The normalized spacial score (nSPS) is 15.4. The highest BCUT2D eigenvalue weighted by Gasteiger charge is 2.32. The van der Waals surface area contributed by atoms with Crippen molar-refractivity contribution in [2.75, 3.05) is 18.4 Å². The summed E-state index contributed by atoms with van der Waals surface area (Å²) < 4.78 is 4.01. The maximum atomic E-state index is 13.3. The summed E-state index contributed by atoms with van der Waals surface area (Å²) in [7, 11) is 0. The number of amides is 1. The molecule has 1 saturated heterocycles. The summed E-state index contributed by atoms with van der Waals surface area (Å²) >= 11 is 6.67. The number of hydrogen-bond acceptors (Lipinski definition) is 7. The maximum Gasteiger partial charge on any atom is 0.267 e. The van der Waals surface area contributed by atoms with E-state index in [4.69, 9.17) is 12.2 Å². The van der Waals surface area contributed by atoms with Crippen LogP contribution in [0.15, 0.2) is 52.8 Å². The van der Waals surface area contributed by atoms with Crippen LogP contribution in [0.4, 0.5) is 5.82 Å². The Bertz CT molecular complexity index is 1250. The molecule has 10 heteroatoms. The highest BCUT2D eigenvalue weighted by molar-refractivity contribution is 8.26. The average molecular weight is 483 g/mol. The Balaban J connectivity index is 1.61. The maximum absolute atomic E-state index is 13.3. The van der Waals surface area contributed by atoms with E-state index < -0.39 is 0 Å². The van der Waals surface area contributed by atoms with Crippen LogP contribution in [-0.2, 0) is 11.3 Å². The summed E-state index contributed by atoms with van der Waals surface area (Å²) in [5.41, 5.74) is 0.664. The highest BCUT2D eigenvalue weighted by Crippen LogP contribution is 2.33. The minimum absolute atomic E-state index is 0.158. The zero-order valence-electron chi connectivity index (χ0n) is 18.6. The quantitative estimate of drug-likeness (QED) is 0.283. The van der Waals surface area contributed by atoms with Crippen molar-refractivity contribution in [3.8, 4) is 0 Å². The van der Waals surface area contributed by atoms with Gasteiger partial charge in [0.1, 0.15) is 15.8 Å². The van der Waals surface area contributed by atoms with E-state index in [9.17, 15) is 9.59 Å². The van der Waals surface area contributed by atoms with Gasteiger partial charge in [0, 0.05) is 38.2 Å². The van der Waals surface area contributed by atoms with Gasteiger partial charge in [-0.05, 0) is 37.0 Å². The number of pyridine rings is 1. The van der Waals surface area contributed by atoms with Crippen molar-refractivity contribution in [2.24, 2.45) is 5.92 Å². The molecule has 1 N–H and O–H groups in total. The van der Waals surface area contributed by atoms with Crippen LogP contribution in [0.5, 0.6) is 0 Å². The van der Waals surface area contributed by atoms with Gasteiger partial charge >= 0.3 is 0 Å². The number of thioether (sulfide) groups is 1. The molecule has 0 aromatic carbocycles. The fraction of sp³-hybridized carbons (Fsp3) is 0.348. The second kappa shape index (κ2) is 10.3. The second-order valence-corrected chi connectivity index (χ2v) is 9.88. The van der Waals surface area contributed by atoms with Gasteiger partial charge in [0.05, 0.1) is 16.8 Å². The minimum atomic E-state index is -0.231. The van der Waals surface area contributed by atoms with Crippen molar-refractivity contribution < 1.29 is 4.79 Å². The second-order valence-electron chi connectivity index (χ2n) is 8.20. The summed E-state index contributed by atoms with van der Waals surface area (Å²) in [5.74, 6) is 0.768. The Morgan fingerprint density at radius 2 is 2.06 bits per heavy atom. The van der Waals surface area contributed by atoms with Crippen LogP contribution in [-0.4, -0.2) is 47.2 Å². The van der Waals surface area contributed by atoms with Crippen LogP contribution in [0, 0.1) is 5.92 Å². The molecule has 0 saturated carbocycles. The monoisotopic (exact) mass is 482 g/mol. The van der Waals surface area contributed by atoms with Gasteiger partial charge in [-0.25, -0.2) is 9.97 Å². The standard InChI is InChI=1S/C23H26N6O2S2/c1-16(2)7-12-29-22(31)18(33-23(29)32)14-17-20(25-8-5-10-27-13-9-24-15-27)26-19-6-3-4-11-28(19)21(17)30/h3-4,6,9,11,13-16,25H,5,7-8,10,12H2,1-2H3. The molecule has 1 amide bonds. The number of hydrogen-bond donors (Lipinski definition) is 1. The number of anilines is 1. The average Bonchev–Trinajstić information content (AvgIpc) is 3.40. The van der Waals surface area contributed by atoms with Crippen LogP contribution in [0.1, 0.15) is 32.3 Å². The van der Waals surface area contributed by atoms with Crippen molar-refractivity contribution in [3.63, 3.8) is 0 Å². The molecule has 1 fully saturated rings. The van der Waals surface area contributed by atoms with Crippen LogP contribution in [0.25, 0.3) is 11.7 Å². The number of nitrogens with one attached hydrogen (secondary N) is 1. The Kier molecular flexibility index (Phi) is 7.24. The van der Waals surface area contributed by atoms with Crippen LogP contribution in [0.2, 0.25) is 0 Å². The lowest BCUT2D eigenvalue weighted by Crippen LogP contribution is -2.29. The topological polar surface area (TPSA) is 84.5 Å². The fourth-order valence-corrected chi connectivity index (χ4v) is 4.76. The van der Waals surface area contributed by atoms with Crippen molar-refractivity contribution in [1.29, 1.82) is 0 Å². The zero-order chi connectivity index (χ0) is 23.4. The smallest absolute Gasteiger partial charge is 0.267 e. The minimum Gasteiger partial charge on any atom is -0.369 e. The summed E-state index contributed by atoms with van der Waals surface area (Å²) in [5, 5.41) is 3.29. The summed E-state index contributed by atoms with van der Waals surface area (Å²) in [6.07, 6.45) is 10.4. The molecular formula is C23H26N6O2S2. The number of fused-ring (bicyclic) bond motifs is 1. The molecule has 0 aliphatic carbocycles. The van der Waals surface area contributed by atoms with E-state index in [1.807, 2.05) is 16.8 Å². The fourth-order valence-electron chi connectivity index (χ4n) is 3.47. The number of nitrogens with zero attached hydrogens (tertiary/aromatic N) is 5. The molecule has 0 radical (unpaired) electrons. The van der Waals surface area contributed by atoms with E-state index in [0.717, 1.165) is 19.4 Å². The molecule has 1 aliphatic rings. The van der Waals surface area contributed by atoms with Crippen LogP contribution < -0.4 is 10.9 Å². The molecule has 33 heavy (non-hydrogen) atoms. The zero-order valence-corrected chi connectivity index (χ0v) is 20.2.